The number of nitrogens with one attached hydrogen (secondary N) is 1. The maximum Gasteiger partial charge on any atom is 0.201 e. The lowest BCUT2D eigenvalue weighted by Crippen LogP contribution is -2.18. The third-order valence-corrected chi connectivity index (χ3v) is 3.54. The Morgan fingerprint density at radius 3 is 2.88 bits per heavy atom. The largest absolute Gasteiger partial charge is 0.490 e. The lowest BCUT2D eigenvalue weighted by Gasteiger charge is -2.21. The minimum absolute atomic E-state index is 0.0447. The molecule has 0 amide bonds. The monoisotopic (exact) mass is 239 g/mol. The molecule has 1 aromatic rings. The maximum atomic E-state index is 13.9. The van der Waals surface area contributed by atoms with Crippen molar-refractivity contribution in [1.82, 2.24) is 5.32 Å². The lowest BCUT2D eigenvalue weighted by molar-refractivity contribution is 0.266. The molecule has 0 bridgehead atoms. The van der Waals surface area contributed by atoms with Gasteiger partial charge in [0.15, 0.2) is 11.6 Å². The van der Waals surface area contributed by atoms with Gasteiger partial charge in [0.2, 0.25) is 5.82 Å². The van der Waals surface area contributed by atoms with E-state index in [1.807, 2.05) is 0 Å². The number of hydrogen-bond acceptors (Lipinski definition) is 2. The first kappa shape index (κ1) is 11.0. The van der Waals surface area contributed by atoms with Gasteiger partial charge in [-0.1, -0.05) is 0 Å². The molecule has 0 aliphatic carbocycles. The smallest absolute Gasteiger partial charge is 0.201 e. The van der Waals surface area contributed by atoms with E-state index in [1.54, 1.807) is 6.07 Å². The summed E-state index contributed by atoms with van der Waals surface area (Å²) in [6.07, 6.45) is 3.52. The number of halogens is 2. The van der Waals surface area contributed by atoms with Crippen molar-refractivity contribution in [3.8, 4) is 5.75 Å². The summed E-state index contributed by atoms with van der Waals surface area (Å²) in [6.45, 7) is 1.35. The predicted molar refractivity (Wildman–Crippen MR) is 60.2 cm³/mol. The van der Waals surface area contributed by atoms with Crippen LogP contribution in [0.3, 0.4) is 0 Å². The minimum atomic E-state index is -0.814. The number of aryl methyl sites for hydroxylation is 1. The van der Waals surface area contributed by atoms with Crippen LogP contribution in [0.25, 0.3) is 0 Å². The summed E-state index contributed by atoms with van der Waals surface area (Å²) >= 11 is 0. The molecule has 0 radical (unpaired) electrons. The summed E-state index contributed by atoms with van der Waals surface area (Å²) in [7, 11) is 0. The Morgan fingerprint density at radius 1 is 1.24 bits per heavy atom. The maximum absolute atomic E-state index is 13.9. The molecule has 0 saturated carbocycles. The van der Waals surface area contributed by atoms with E-state index in [0.717, 1.165) is 37.8 Å². The van der Waals surface area contributed by atoms with Crippen molar-refractivity contribution in [3.63, 3.8) is 0 Å². The number of rotatable bonds is 1. The summed E-state index contributed by atoms with van der Waals surface area (Å²) in [5.74, 6) is -1.44. The highest BCUT2D eigenvalue weighted by Crippen LogP contribution is 2.35. The topological polar surface area (TPSA) is 21.3 Å². The quantitative estimate of drug-likeness (QED) is 0.813. The van der Waals surface area contributed by atoms with Crippen LogP contribution in [-0.2, 0) is 6.42 Å². The van der Waals surface area contributed by atoms with E-state index in [9.17, 15) is 8.78 Å². The van der Waals surface area contributed by atoms with Crippen molar-refractivity contribution in [2.75, 3.05) is 13.2 Å². The average Bonchev–Trinajstić information content (AvgIpc) is 2.87. The molecule has 4 heteroatoms. The van der Waals surface area contributed by atoms with Crippen LogP contribution in [0.4, 0.5) is 8.78 Å². The Kier molecular flexibility index (Phi) is 2.74. The van der Waals surface area contributed by atoms with Crippen LogP contribution in [0.5, 0.6) is 5.75 Å². The predicted octanol–water partition coefficient (Wildman–Crippen LogP) is 2.71. The first-order chi connectivity index (χ1) is 8.27. The van der Waals surface area contributed by atoms with Gasteiger partial charge in [-0.2, -0.15) is 4.39 Å². The molecular formula is C13H15F2NO. The van der Waals surface area contributed by atoms with Crippen molar-refractivity contribution in [2.24, 2.45) is 0 Å². The molecule has 0 spiro atoms. The number of ether oxygens (including phenoxy) is 1. The molecular weight excluding hydrogens is 224 g/mol. The fourth-order valence-electron chi connectivity index (χ4n) is 2.67. The molecule has 92 valence electrons. The molecule has 2 nitrogen and oxygen atoms in total. The highest BCUT2D eigenvalue weighted by molar-refractivity contribution is 5.42. The van der Waals surface area contributed by atoms with Crippen LogP contribution in [-0.4, -0.2) is 13.2 Å². The van der Waals surface area contributed by atoms with E-state index >= 15 is 0 Å². The van der Waals surface area contributed by atoms with Crippen LogP contribution in [0.15, 0.2) is 6.07 Å². The van der Waals surface area contributed by atoms with Crippen molar-refractivity contribution in [2.45, 2.75) is 31.7 Å². The molecule has 0 aromatic heterocycles. The standard InChI is InChI=1S/C13H15F2NO/c14-11-9(10-4-1-5-16-10)7-8-3-2-6-17-13(8)12(11)15/h7,10,16H,1-6H2/t10-/m1/s1. The third-order valence-electron chi connectivity index (χ3n) is 3.54. The number of fused-ring (bicyclic) bond motifs is 1. The van der Waals surface area contributed by atoms with E-state index in [-0.39, 0.29) is 11.8 Å². The van der Waals surface area contributed by atoms with E-state index in [0.29, 0.717) is 12.2 Å². The van der Waals surface area contributed by atoms with E-state index < -0.39 is 11.6 Å². The summed E-state index contributed by atoms with van der Waals surface area (Å²) in [5.41, 5.74) is 1.27. The van der Waals surface area contributed by atoms with Crippen LogP contribution < -0.4 is 10.1 Å². The molecule has 1 fully saturated rings. The van der Waals surface area contributed by atoms with E-state index in [4.69, 9.17) is 4.74 Å². The molecule has 1 aromatic carbocycles. The van der Waals surface area contributed by atoms with Crippen molar-refractivity contribution in [1.29, 1.82) is 0 Å². The molecule has 1 saturated heterocycles. The van der Waals surface area contributed by atoms with Gasteiger partial charge >= 0.3 is 0 Å². The molecule has 2 aliphatic heterocycles. The second kappa shape index (κ2) is 4.26. The minimum Gasteiger partial charge on any atom is -0.490 e. The molecule has 17 heavy (non-hydrogen) atoms. The van der Waals surface area contributed by atoms with Gasteiger partial charge in [0, 0.05) is 11.6 Å². The highest BCUT2D eigenvalue weighted by atomic mass is 19.2. The second-order valence-corrected chi connectivity index (χ2v) is 4.68. The van der Waals surface area contributed by atoms with Gasteiger partial charge in [-0.15, -0.1) is 0 Å². The number of benzene rings is 1. The zero-order chi connectivity index (χ0) is 11.8. The summed E-state index contributed by atoms with van der Waals surface area (Å²) < 4.78 is 33.0. The van der Waals surface area contributed by atoms with Gasteiger partial charge in [-0.05, 0) is 43.9 Å². The van der Waals surface area contributed by atoms with Crippen LogP contribution in [0.1, 0.15) is 36.4 Å². The van der Waals surface area contributed by atoms with Gasteiger partial charge < -0.3 is 10.1 Å². The fourth-order valence-corrected chi connectivity index (χ4v) is 2.67. The summed E-state index contributed by atoms with van der Waals surface area (Å²) in [6, 6.07) is 1.73. The summed E-state index contributed by atoms with van der Waals surface area (Å²) in [5, 5.41) is 3.20. The second-order valence-electron chi connectivity index (χ2n) is 4.68. The zero-order valence-corrected chi connectivity index (χ0v) is 9.56. The van der Waals surface area contributed by atoms with Gasteiger partial charge in [-0.3, -0.25) is 0 Å². The Balaban J connectivity index is 2.06. The lowest BCUT2D eigenvalue weighted by atomic mass is 9.97. The molecule has 0 unspecified atom stereocenters. The number of hydrogen-bond donors (Lipinski definition) is 1. The molecule has 1 N–H and O–H groups in total. The fraction of sp³-hybridized carbons (Fsp3) is 0.538. The van der Waals surface area contributed by atoms with Crippen LogP contribution in [0.2, 0.25) is 0 Å². The Labute approximate surface area is 99.0 Å². The Bertz CT molecular complexity index is 442. The highest BCUT2D eigenvalue weighted by Gasteiger charge is 2.27. The average molecular weight is 239 g/mol. The molecule has 3 rings (SSSR count). The molecule has 2 heterocycles. The molecule has 1 atom stereocenters. The zero-order valence-electron chi connectivity index (χ0n) is 9.56. The van der Waals surface area contributed by atoms with Gasteiger partial charge in [0.25, 0.3) is 0 Å². The van der Waals surface area contributed by atoms with Crippen LogP contribution in [0, 0.1) is 11.6 Å². The van der Waals surface area contributed by atoms with Gasteiger partial charge in [0.1, 0.15) is 0 Å². The molecule has 2 aliphatic rings. The van der Waals surface area contributed by atoms with Crippen molar-refractivity contribution in [3.05, 3.63) is 28.8 Å². The SMILES string of the molecule is Fc1c([C@H]2CCCN2)cc2c(c1F)OCCC2. The van der Waals surface area contributed by atoms with Gasteiger partial charge in [0.05, 0.1) is 6.61 Å². The van der Waals surface area contributed by atoms with Crippen molar-refractivity contribution < 1.29 is 13.5 Å². The van der Waals surface area contributed by atoms with Crippen LogP contribution >= 0.6 is 0 Å². The first-order valence-corrected chi connectivity index (χ1v) is 6.14. The third kappa shape index (κ3) is 1.80. The van der Waals surface area contributed by atoms with Gasteiger partial charge in [-0.25, -0.2) is 4.39 Å². The first-order valence-electron chi connectivity index (χ1n) is 6.14. The summed E-state index contributed by atoms with van der Waals surface area (Å²) in [4.78, 5) is 0. The van der Waals surface area contributed by atoms with Crippen molar-refractivity contribution >= 4 is 0 Å². The Hall–Kier alpha value is -1.16. The van der Waals surface area contributed by atoms with E-state index in [1.165, 1.54) is 0 Å². The Morgan fingerprint density at radius 2 is 2.12 bits per heavy atom. The van der Waals surface area contributed by atoms with E-state index in [2.05, 4.69) is 5.32 Å². The normalized spacial score (nSPS) is 23.3.